The summed E-state index contributed by atoms with van der Waals surface area (Å²) in [5.74, 6) is 0.0625. The Kier molecular flexibility index (Phi) is 4.97. The quantitative estimate of drug-likeness (QED) is 0.918. The molecule has 24 heavy (non-hydrogen) atoms. The van der Waals surface area contributed by atoms with Crippen molar-refractivity contribution >= 4 is 5.91 Å². The molecular weight excluding hydrogens is 306 g/mol. The Morgan fingerprint density at radius 3 is 2.71 bits per heavy atom. The molecule has 2 saturated heterocycles. The third kappa shape index (κ3) is 2.97. The second kappa shape index (κ2) is 6.84. The number of aromatic nitrogens is 2. The SMILES string of the molecule is CCCn1nc(C)c(C(=O)N2CCC3(CC2)OCCC[C@@H]3O)c1C. The molecule has 6 nitrogen and oxygen atoms in total. The molecule has 0 aliphatic carbocycles. The minimum absolute atomic E-state index is 0.0625. The van der Waals surface area contributed by atoms with Gasteiger partial charge in [0.2, 0.25) is 0 Å². The third-order valence-electron chi connectivity index (χ3n) is 5.55. The summed E-state index contributed by atoms with van der Waals surface area (Å²) in [4.78, 5) is 14.9. The number of amides is 1. The van der Waals surface area contributed by atoms with Gasteiger partial charge in [-0.15, -0.1) is 0 Å². The lowest BCUT2D eigenvalue weighted by Crippen LogP contribution is -2.56. The third-order valence-corrected chi connectivity index (χ3v) is 5.55. The zero-order valence-electron chi connectivity index (χ0n) is 15.0. The van der Waals surface area contributed by atoms with Gasteiger partial charge >= 0.3 is 0 Å². The molecule has 1 spiro atoms. The van der Waals surface area contributed by atoms with Crippen molar-refractivity contribution in [1.82, 2.24) is 14.7 Å². The summed E-state index contributed by atoms with van der Waals surface area (Å²) in [6.07, 6.45) is 3.73. The Bertz CT molecular complexity index is 603. The molecule has 0 unspecified atom stereocenters. The van der Waals surface area contributed by atoms with Gasteiger partial charge in [0.15, 0.2) is 0 Å². The summed E-state index contributed by atoms with van der Waals surface area (Å²) < 4.78 is 7.86. The number of carbonyl (C=O) groups is 1. The van der Waals surface area contributed by atoms with Crippen molar-refractivity contribution in [2.75, 3.05) is 19.7 Å². The van der Waals surface area contributed by atoms with E-state index in [1.54, 1.807) is 0 Å². The number of aliphatic hydroxyl groups excluding tert-OH is 1. The molecule has 2 fully saturated rings. The lowest BCUT2D eigenvalue weighted by Gasteiger charge is -2.46. The molecular formula is C18H29N3O3. The summed E-state index contributed by atoms with van der Waals surface area (Å²) in [6, 6.07) is 0. The molecule has 1 atom stereocenters. The van der Waals surface area contributed by atoms with Crippen LogP contribution in [0.3, 0.4) is 0 Å². The van der Waals surface area contributed by atoms with E-state index in [1.165, 1.54) is 0 Å². The van der Waals surface area contributed by atoms with E-state index in [-0.39, 0.29) is 5.91 Å². The molecule has 0 bridgehead atoms. The maximum atomic E-state index is 13.0. The molecule has 1 aromatic heterocycles. The number of aryl methyl sites for hydroxylation is 2. The normalized spacial score (nSPS) is 23.7. The molecule has 0 saturated carbocycles. The fourth-order valence-corrected chi connectivity index (χ4v) is 4.07. The van der Waals surface area contributed by atoms with E-state index in [1.807, 2.05) is 23.4 Å². The number of aliphatic hydroxyl groups is 1. The van der Waals surface area contributed by atoms with Crippen molar-refractivity contribution in [3.05, 3.63) is 17.0 Å². The summed E-state index contributed by atoms with van der Waals surface area (Å²) in [5.41, 5.74) is 2.06. The predicted molar refractivity (Wildman–Crippen MR) is 91.1 cm³/mol. The average Bonchev–Trinajstić information content (AvgIpc) is 2.85. The predicted octanol–water partition coefficient (Wildman–Crippen LogP) is 2.06. The molecule has 3 rings (SSSR count). The standard InChI is InChI=1S/C18H29N3O3/c1-4-9-21-14(3)16(13(2)19-21)17(23)20-10-7-18(8-11-20)15(22)6-5-12-24-18/h15,22H,4-12H2,1-3H3/t15-/m0/s1. The summed E-state index contributed by atoms with van der Waals surface area (Å²) >= 11 is 0. The zero-order valence-corrected chi connectivity index (χ0v) is 15.0. The average molecular weight is 335 g/mol. The van der Waals surface area contributed by atoms with Crippen LogP contribution in [0.4, 0.5) is 0 Å². The summed E-state index contributed by atoms with van der Waals surface area (Å²) in [7, 11) is 0. The second-order valence-corrected chi connectivity index (χ2v) is 7.13. The Morgan fingerprint density at radius 1 is 1.38 bits per heavy atom. The van der Waals surface area contributed by atoms with Crippen LogP contribution in [0, 0.1) is 13.8 Å². The van der Waals surface area contributed by atoms with Crippen molar-refractivity contribution in [3.63, 3.8) is 0 Å². The first-order valence-corrected chi connectivity index (χ1v) is 9.14. The second-order valence-electron chi connectivity index (χ2n) is 7.13. The number of piperidine rings is 1. The van der Waals surface area contributed by atoms with E-state index >= 15 is 0 Å². The maximum Gasteiger partial charge on any atom is 0.257 e. The van der Waals surface area contributed by atoms with E-state index in [9.17, 15) is 9.90 Å². The van der Waals surface area contributed by atoms with E-state index in [4.69, 9.17) is 4.74 Å². The Morgan fingerprint density at radius 2 is 2.08 bits per heavy atom. The number of carbonyl (C=O) groups excluding carboxylic acids is 1. The van der Waals surface area contributed by atoms with Crippen LogP contribution in [0.5, 0.6) is 0 Å². The van der Waals surface area contributed by atoms with Crippen molar-refractivity contribution in [2.45, 2.75) is 71.1 Å². The van der Waals surface area contributed by atoms with Crippen molar-refractivity contribution in [2.24, 2.45) is 0 Å². The van der Waals surface area contributed by atoms with Crippen LogP contribution in [0.25, 0.3) is 0 Å². The first-order valence-electron chi connectivity index (χ1n) is 9.14. The van der Waals surface area contributed by atoms with Crippen molar-refractivity contribution in [1.29, 1.82) is 0 Å². The summed E-state index contributed by atoms with van der Waals surface area (Å²) in [5, 5.41) is 14.9. The molecule has 3 heterocycles. The Labute approximate surface area is 143 Å². The number of nitrogens with zero attached hydrogens (tertiary/aromatic N) is 3. The highest BCUT2D eigenvalue weighted by atomic mass is 16.5. The van der Waals surface area contributed by atoms with Gasteiger partial charge in [-0.2, -0.15) is 5.10 Å². The monoisotopic (exact) mass is 335 g/mol. The molecule has 1 N–H and O–H groups in total. The van der Waals surface area contributed by atoms with E-state index in [0.29, 0.717) is 32.5 Å². The highest BCUT2D eigenvalue weighted by Crippen LogP contribution is 2.35. The minimum Gasteiger partial charge on any atom is -0.390 e. The Hall–Kier alpha value is -1.40. The van der Waals surface area contributed by atoms with Crippen LogP contribution in [0.1, 0.15) is 60.8 Å². The Balaban J connectivity index is 1.72. The molecule has 1 aromatic rings. The van der Waals surface area contributed by atoms with Gasteiger partial charge in [0.1, 0.15) is 0 Å². The fraction of sp³-hybridized carbons (Fsp3) is 0.778. The van der Waals surface area contributed by atoms with Gasteiger partial charge in [-0.25, -0.2) is 0 Å². The van der Waals surface area contributed by atoms with Gasteiger partial charge in [-0.3, -0.25) is 9.48 Å². The maximum absolute atomic E-state index is 13.0. The largest absolute Gasteiger partial charge is 0.390 e. The topological polar surface area (TPSA) is 67.6 Å². The van der Waals surface area contributed by atoms with Crippen LogP contribution in [0.2, 0.25) is 0 Å². The fourth-order valence-electron chi connectivity index (χ4n) is 4.07. The van der Waals surface area contributed by atoms with Gasteiger partial charge in [-0.1, -0.05) is 6.92 Å². The van der Waals surface area contributed by atoms with Gasteiger partial charge in [0, 0.05) is 31.9 Å². The number of hydrogen-bond donors (Lipinski definition) is 1. The van der Waals surface area contributed by atoms with Crippen molar-refractivity contribution < 1.29 is 14.6 Å². The van der Waals surface area contributed by atoms with Crippen LogP contribution in [-0.4, -0.2) is 57.1 Å². The molecule has 2 aliphatic rings. The van der Waals surface area contributed by atoms with Crippen molar-refractivity contribution in [3.8, 4) is 0 Å². The summed E-state index contributed by atoms with van der Waals surface area (Å²) in [6.45, 7) is 8.81. The molecule has 2 aliphatic heterocycles. The van der Waals surface area contributed by atoms with Gasteiger partial charge < -0.3 is 14.7 Å². The number of ether oxygens (including phenoxy) is 1. The van der Waals surface area contributed by atoms with Crippen LogP contribution in [0.15, 0.2) is 0 Å². The number of likely N-dealkylation sites (tertiary alicyclic amines) is 1. The first kappa shape index (κ1) is 17.4. The van der Waals surface area contributed by atoms with Gasteiger partial charge in [0.25, 0.3) is 5.91 Å². The minimum atomic E-state index is -0.439. The highest BCUT2D eigenvalue weighted by Gasteiger charge is 2.44. The lowest BCUT2D eigenvalue weighted by atomic mass is 9.82. The van der Waals surface area contributed by atoms with E-state index in [0.717, 1.165) is 42.8 Å². The zero-order chi connectivity index (χ0) is 17.3. The van der Waals surface area contributed by atoms with Crippen LogP contribution in [-0.2, 0) is 11.3 Å². The number of rotatable bonds is 3. The smallest absolute Gasteiger partial charge is 0.257 e. The first-order chi connectivity index (χ1) is 11.5. The van der Waals surface area contributed by atoms with Gasteiger partial charge in [-0.05, 0) is 46.0 Å². The van der Waals surface area contributed by atoms with Crippen LogP contribution >= 0.6 is 0 Å². The molecule has 134 valence electrons. The molecule has 1 amide bonds. The molecule has 0 radical (unpaired) electrons. The molecule has 0 aromatic carbocycles. The van der Waals surface area contributed by atoms with Gasteiger partial charge in [0.05, 0.1) is 23.0 Å². The van der Waals surface area contributed by atoms with E-state index < -0.39 is 11.7 Å². The molecule has 6 heteroatoms. The van der Waals surface area contributed by atoms with E-state index in [2.05, 4.69) is 12.0 Å². The highest BCUT2D eigenvalue weighted by molar-refractivity contribution is 5.96. The lowest BCUT2D eigenvalue weighted by molar-refractivity contribution is -0.174. The number of hydrogen-bond acceptors (Lipinski definition) is 4. The van der Waals surface area contributed by atoms with Crippen LogP contribution < -0.4 is 0 Å².